The number of terminal acetylenes is 1. The molecule has 0 fully saturated rings. The van der Waals surface area contributed by atoms with Crippen LogP contribution in [0.3, 0.4) is 0 Å². The first-order valence-corrected chi connectivity index (χ1v) is 6.13. The summed E-state index contributed by atoms with van der Waals surface area (Å²) in [6, 6.07) is -0.679. The average Bonchev–Trinajstić information content (AvgIpc) is 2.27. The number of hydrogen-bond donors (Lipinski definition) is 2. The highest BCUT2D eigenvalue weighted by Crippen LogP contribution is 2.07. The fourth-order valence-electron chi connectivity index (χ4n) is 1.52. The zero-order valence-electron chi connectivity index (χ0n) is 11.3. The first-order chi connectivity index (χ1) is 8.42. The van der Waals surface area contributed by atoms with Crippen molar-refractivity contribution >= 4 is 12.0 Å². The minimum atomic E-state index is -0.923. The lowest BCUT2D eigenvalue weighted by Gasteiger charge is -2.26. The van der Waals surface area contributed by atoms with Gasteiger partial charge in [0.25, 0.3) is 0 Å². The highest BCUT2D eigenvalue weighted by Gasteiger charge is 2.21. The molecule has 1 unspecified atom stereocenters. The van der Waals surface area contributed by atoms with Gasteiger partial charge < -0.3 is 15.3 Å². The average molecular weight is 254 g/mol. The lowest BCUT2D eigenvalue weighted by molar-refractivity contribution is -0.137. The van der Waals surface area contributed by atoms with E-state index in [1.807, 2.05) is 20.8 Å². The van der Waals surface area contributed by atoms with Crippen LogP contribution in [-0.2, 0) is 4.79 Å². The van der Waals surface area contributed by atoms with Crippen molar-refractivity contribution in [3.63, 3.8) is 0 Å². The molecular weight excluding hydrogens is 232 g/mol. The van der Waals surface area contributed by atoms with E-state index in [-0.39, 0.29) is 31.0 Å². The minimum Gasteiger partial charge on any atom is -0.481 e. The van der Waals surface area contributed by atoms with Crippen molar-refractivity contribution < 1.29 is 14.7 Å². The number of rotatable bonds is 7. The predicted octanol–water partition coefficient (Wildman–Crippen LogP) is 1.54. The van der Waals surface area contributed by atoms with Crippen molar-refractivity contribution in [2.45, 2.75) is 39.7 Å². The maximum Gasteiger partial charge on any atom is 0.318 e. The highest BCUT2D eigenvalue weighted by molar-refractivity contribution is 5.76. The third-order valence-electron chi connectivity index (χ3n) is 2.57. The Morgan fingerprint density at radius 3 is 2.44 bits per heavy atom. The normalized spacial score (nSPS) is 11.7. The van der Waals surface area contributed by atoms with Crippen LogP contribution in [0.4, 0.5) is 4.79 Å². The lowest BCUT2D eigenvalue weighted by atomic mass is 10.0. The second-order valence-corrected chi connectivity index (χ2v) is 4.52. The fraction of sp³-hybridized carbons (Fsp3) is 0.692. The standard InChI is InChI=1S/C13H22N2O3/c1-5-7-15(8-6-2)13(18)14-11(10(3)4)9-12(16)17/h1,10-11H,6-9H2,2-4H3,(H,14,18)(H,16,17). The molecule has 18 heavy (non-hydrogen) atoms. The van der Waals surface area contributed by atoms with E-state index in [9.17, 15) is 9.59 Å². The molecule has 2 amide bonds. The second-order valence-electron chi connectivity index (χ2n) is 4.52. The monoisotopic (exact) mass is 254 g/mol. The van der Waals surface area contributed by atoms with E-state index in [4.69, 9.17) is 11.5 Å². The number of urea groups is 1. The Balaban J connectivity index is 4.55. The Labute approximate surface area is 109 Å². The summed E-state index contributed by atoms with van der Waals surface area (Å²) in [6.45, 7) is 6.50. The number of carbonyl (C=O) groups is 2. The summed E-state index contributed by atoms with van der Waals surface area (Å²) in [4.78, 5) is 24.2. The van der Waals surface area contributed by atoms with Crippen molar-refractivity contribution in [2.75, 3.05) is 13.1 Å². The van der Waals surface area contributed by atoms with E-state index in [1.54, 1.807) is 0 Å². The Hall–Kier alpha value is -1.70. The molecule has 2 N–H and O–H groups in total. The van der Waals surface area contributed by atoms with E-state index in [1.165, 1.54) is 4.90 Å². The van der Waals surface area contributed by atoms with Gasteiger partial charge in [0.15, 0.2) is 0 Å². The molecule has 5 nitrogen and oxygen atoms in total. The van der Waals surface area contributed by atoms with Gasteiger partial charge in [-0.1, -0.05) is 26.7 Å². The molecule has 0 radical (unpaired) electrons. The molecule has 0 aromatic carbocycles. The number of carbonyl (C=O) groups excluding carboxylic acids is 1. The molecule has 0 saturated carbocycles. The largest absolute Gasteiger partial charge is 0.481 e. The smallest absolute Gasteiger partial charge is 0.318 e. The third kappa shape index (κ3) is 6.14. The molecule has 0 heterocycles. The van der Waals surface area contributed by atoms with Gasteiger partial charge in [-0.3, -0.25) is 4.79 Å². The molecule has 5 heteroatoms. The highest BCUT2D eigenvalue weighted by atomic mass is 16.4. The van der Waals surface area contributed by atoms with Gasteiger partial charge in [-0.05, 0) is 12.3 Å². The minimum absolute atomic E-state index is 0.0550. The molecule has 0 aromatic rings. The van der Waals surface area contributed by atoms with Crippen LogP contribution in [0, 0.1) is 18.3 Å². The summed E-state index contributed by atoms with van der Waals surface area (Å²) in [5, 5.41) is 11.5. The van der Waals surface area contributed by atoms with Crippen LogP contribution >= 0.6 is 0 Å². The number of carboxylic acids is 1. The van der Waals surface area contributed by atoms with Crippen molar-refractivity contribution in [2.24, 2.45) is 5.92 Å². The van der Waals surface area contributed by atoms with Crippen LogP contribution in [0.1, 0.15) is 33.6 Å². The second kappa shape index (κ2) is 8.40. The SMILES string of the molecule is C#CCN(CCC)C(=O)NC(CC(=O)O)C(C)C. The van der Waals surface area contributed by atoms with Gasteiger partial charge in [0.05, 0.1) is 13.0 Å². The van der Waals surface area contributed by atoms with Crippen LogP contribution in [0.2, 0.25) is 0 Å². The Morgan fingerprint density at radius 1 is 1.44 bits per heavy atom. The number of carboxylic acid groups (broad SMARTS) is 1. The van der Waals surface area contributed by atoms with E-state index in [0.717, 1.165) is 6.42 Å². The quantitative estimate of drug-likeness (QED) is 0.677. The van der Waals surface area contributed by atoms with Crippen LogP contribution in [0.15, 0.2) is 0 Å². The zero-order chi connectivity index (χ0) is 14.1. The Bertz CT molecular complexity index is 321. The van der Waals surface area contributed by atoms with E-state index < -0.39 is 5.97 Å². The van der Waals surface area contributed by atoms with Crippen LogP contribution < -0.4 is 5.32 Å². The van der Waals surface area contributed by atoms with Gasteiger partial charge in [0.2, 0.25) is 0 Å². The molecule has 0 aliphatic rings. The molecule has 0 spiro atoms. The van der Waals surface area contributed by atoms with Crippen molar-refractivity contribution in [1.82, 2.24) is 10.2 Å². The van der Waals surface area contributed by atoms with E-state index in [2.05, 4.69) is 11.2 Å². The zero-order valence-corrected chi connectivity index (χ0v) is 11.3. The van der Waals surface area contributed by atoms with E-state index >= 15 is 0 Å². The molecule has 0 aliphatic carbocycles. The number of nitrogens with zero attached hydrogens (tertiary/aromatic N) is 1. The number of aliphatic carboxylic acids is 1. The Morgan fingerprint density at radius 2 is 2.06 bits per heavy atom. The number of amides is 2. The summed E-state index contributed by atoms with van der Waals surface area (Å²) in [5.74, 6) is 1.56. The summed E-state index contributed by atoms with van der Waals surface area (Å²) >= 11 is 0. The van der Waals surface area contributed by atoms with Gasteiger partial charge in [0.1, 0.15) is 0 Å². The summed E-state index contributed by atoms with van der Waals surface area (Å²) in [7, 11) is 0. The van der Waals surface area contributed by atoms with Crippen molar-refractivity contribution in [3.05, 3.63) is 0 Å². The van der Waals surface area contributed by atoms with Crippen LogP contribution in [0.5, 0.6) is 0 Å². The van der Waals surface area contributed by atoms with Crippen molar-refractivity contribution in [3.8, 4) is 12.3 Å². The summed E-state index contributed by atoms with van der Waals surface area (Å²) < 4.78 is 0. The van der Waals surface area contributed by atoms with Gasteiger partial charge in [-0.2, -0.15) is 0 Å². The maximum atomic E-state index is 11.9. The predicted molar refractivity (Wildman–Crippen MR) is 70.1 cm³/mol. The summed E-state index contributed by atoms with van der Waals surface area (Å²) in [6.07, 6.45) is 5.93. The molecule has 0 rings (SSSR count). The lowest BCUT2D eigenvalue weighted by Crippen LogP contribution is -2.47. The first kappa shape index (κ1) is 16.3. The van der Waals surface area contributed by atoms with Crippen LogP contribution in [-0.4, -0.2) is 41.1 Å². The fourth-order valence-corrected chi connectivity index (χ4v) is 1.52. The third-order valence-corrected chi connectivity index (χ3v) is 2.57. The van der Waals surface area contributed by atoms with Gasteiger partial charge in [-0.25, -0.2) is 4.79 Å². The maximum absolute atomic E-state index is 11.9. The molecule has 102 valence electrons. The molecular formula is C13H22N2O3. The van der Waals surface area contributed by atoms with E-state index in [0.29, 0.717) is 6.54 Å². The van der Waals surface area contributed by atoms with Gasteiger partial charge in [-0.15, -0.1) is 6.42 Å². The molecule has 0 aliphatic heterocycles. The topological polar surface area (TPSA) is 69.6 Å². The molecule has 0 saturated heterocycles. The Kier molecular flexibility index (Phi) is 7.61. The summed E-state index contributed by atoms with van der Waals surface area (Å²) in [5.41, 5.74) is 0. The number of hydrogen-bond acceptors (Lipinski definition) is 2. The first-order valence-electron chi connectivity index (χ1n) is 6.13. The molecule has 0 bridgehead atoms. The van der Waals surface area contributed by atoms with Gasteiger partial charge >= 0.3 is 12.0 Å². The number of nitrogens with one attached hydrogen (secondary N) is 1. The molecule has 0 aromatic heterocycles. The molecule has 1 atom stereocenters. The van der Waals surface area contributed by atoms with Crippen LogP contribution in [0.25, 0.3) is 0 Å². The van der Waals surface area contributed by atoms with Gasteiger partial charge in [0, 0.05) is 12.6 Å². The van der Waals surface area contributed by atoms with Crippen molar-refractivity contribution in [1.29, 1.82) is 0 Å².